The predicted molar refractivity (Wildman–Crippen MR) is 112 cm³/mol. The number of benzene rings is 2. The first-order chi connectivity index (χ1) is 14.5. The van der Waals surface area contributed by atoms with Crippen LogP contribution in [0.1, 0.15) is 0 Å². The molecule has 0 aromatic heterocycles. The molecule has 0 saturated carbocycles. The molecular weight excluding hydrogens is 470 g/mol. The van der Waals surface area contributed by atoms with Crippen molar-refractivity contribution in [3.63, 3.8) is 0 Å². The second kappa shape index (κ2) is 8.91. The Morgan fingerprint density at radius 3 is 1.94 bits per heavy atom. The number of amides is 1. The fraction of sp³-hybridized carbons (Fsp3) is 0.278. The Morgan fingerprint density at radius 2 is 1.42 bits per heavy atom. The van der Waals surface area contributed by atoms with Crippen molar-refractivity contribution in [3.8, 4) is 0 Å². The van der Waals surface area contributed by atoms with E-state index in [1.807, 2.05) is 0 Å². The largest absolute Gasteiger partial charge is 0.339 e. The number of rotatable bonds is 6. The van der Waals surface area contributed by atoms with Crippen molar-refractivity contribution in [2.45, 2.75) is 9.79 Å². The summed E-state index contributed by atoms with van der Waals surface area (Å²) in [5, 5.41) is 11.1. The number of non-ortho nitro benzene ring substituents is 1. The van der Waals surface area contributed by atoms with E-state index >= 15 is 0 Å². The van der Waals surface area contributed by atoms with Gasteiger partial charge in [0, 0.05) is 43.3 Å². The van der Waals surface area contributed by atoms with Gasteiger partial charge in [0.2, 0.25) is 15.9 Å². The molecule has 0 N–H and O–H groups in total. The molecule has 31 heavy (non-hydrogen) atoms. The van der Waals surface area contributed by atoms with E-state index in [0.717, 1.165) is 28.6 Å². The van der Waals surface area contributed by atoms with Crippen LogP contribution >= 0.6 is 11.6 Å². The third-order valence-electron chi connectivity index (χ3n) is 4.76. The average molecular weight is 488 g/mol. The Morgan fingerprint density at radius 1 is 0.903 bits per heavy atom. The quantitative estimate of drug-likeness (QED) is 0.445. The molecule has 1 fully saturated rings. The number of hydrogen-bond acceptors (Lipinski definition) is 7. The molecule has 2 aromatic rings. The minimum Gasteiger partial charge on any atom is -0.339 e. The normalized spacial score (nSPS) is 15.6. The topological polar surface area (TPSA) is 135 Å². The predicted octanol–water partition coefficient (Wildman–Crippen LogP) is 1.56. The second-order valence-corrected chi connectivity index (χ2v) is 11.1. The number of halogens is 1. The lowest BCUT2D eigenvalue weighted by atomic mass is 10.3. The van der Waals surface area contributed by atoms with E-state index in [4.69, 9.17) is 11.6 Å². The van der Waals surface area contributed by atoms with E-state index in [0.29, 0.717) is 5.02 Å². The second-order valence-electron chi connectivity index (χ2n) is 6.75. The maximum atomic E-state index is 12.7. The van der Waals surface area contributed by atoms with Crippen LogP contribution in [0.2, 0.25) is 5.02 Å². The van der Waals surface area contributed by atoms with Gasteiger partial charge in [0.25, 0.3) is 5.69 Å². The maximum Gasteiger partial charge on any atom is 0.269 e. The van der Waals surface area contributed by atoms with Gasteiger partial charge >= 0.3 is 0 Å². The number of hydrogen-bond donors (Lipinski definition) is 0. The van der Waals surface area contributed by atoms with Crippen molar-refractivity contribution in [2.75, 3.05) is 31.9 Å². The molecule has 0 unspecified atom stereocenters. The highest BCUT2D eigenvalue weighted by atomic mass is 35.5. The van der Waals surface area contributed by atoms with Crippen LogP contribution in [0.5, 0.6) is 0 Å². The highest BCUT2D eigenvalue weighted by Gasteiger charge is 2.32. The van der Waals surface area contributed by atoms with Crippen molar-refractivity contribution in [1.29, 1.82) is 0 Å². The molecule has 1 heterocycles. The Bertz CT molecular complexity index is 1190. The highest BCUT2D eigenvalue weighted by Crippen LogP contribution is 2.21. The summed E-state index contributed by atoms with van der Waals surface area (Å²) in [7, 11) is -7.75. The summed E-state index contributed by atoms with van der Waals surface area (Å²) in [5.41, 5.74) is -0.226. The first kappa shape index (κ1) is 23.1. The Hall–Kier alpha value is -2.54. The number of sulfone groups is 1. The summed E-state index contributed by atoms with van der Waals surface area (Å²) < 4.78 is 51.5. The first-order valence-electron chi connectivity index (χ1n) is 9.01. The van der Waals surface area contributed by atoms with Crippen molar-refractivity contribution in [1.82, 2.24) is 9.21 Å². The van der Waals surface area contributed by atoms with Crippen LogP contribution in [-0.2, 0) is 24.7 Å². The number of piperazine rings is 1. The summed E-state index contributed by atoms with van der Waals surface area (Å²) in [6, 6.07) is 10.00. The lowest BCUT2D eigenvalue weighted by Crippen LogP contribution is -2.51. The smallest absolute Gasteiger partial charge is 0.269 e. The third kappa shape index (κ3) is 5.21. The minimum atomic E-state index is -3.89. The van der Waals surface area contributed by atoms with Crippen LogP contribution in [0.4, 0.5) is 5.69 Å². The van der Waals surface area contributed by atoms with E-state index < -0.39 is 36.4 Å². The lowest BCUT2D eigenvalue weighted by Gasteiger charge is -2.34. The van der Waals surface area contributed by atoms with Crippen molar-refractivity contribution in [2.24, 2.45) is 0 Å². The standard InChI is InChI=1S/C18H18ClN3O7S2/c19-14-1-5-16(6-2-14)30(26,27)13-18(23)20-9-11-21(12-10-20)31(28,29)17-7-3-15(4-8-17)22(24)25/h1-8H,9-13H2. The Labute approximate surface area is 184 Å². The van der Waals surface area contributed by atoms with Crippen molar-refractivity contribution >= 4 is 43.1 Å². The van der Waals surface area contributed by atoms with Crippen LogP contribution in [-0.4, -0.2) is 68.8 Å². The van der Waals surface area contributed by atoms with Crippen LogP contribution in [0.15, 0.2) is 58.3 Å². The molecule has 0 bridgehead atoms. The molecule has 1 saturated heterocycles. The molecule has 10 nitrogen and oxygen atoms in total. The zero-order chi connectivity index (χ0) is 22.8. The van der Waals surface area contributed by atoms with Gasteiger partial charge < -0.3 is 4.90 Å². The van der Waals surface area contributed by atoms with Crippen LogP contribution in [0.25, 0.3) is 0 Å². The zero-order valence-corrected chi connectivity index (χ0v) is 18.4. The Balaban J connectivity index is 1.63. The molecule has 1 amide bonds. The van der Waals surface area contributed by atoms with E-state index in [-0.39, 0.29) is 41.7 Å². The van der Waals surface area contributed by atoms with Gasteiger partial charge in [0.05, 0.1) is 14.7 Å². The molecule has 0 atom stereocenters. The number of nitro groups is 1. The fourth-order valence-electron chi connectivity index (χ4n) is 3.05. The molecule has 1 aliphatic heterocycles. The monoisotopic (exact) mass is 487 g/mol. The minimum absolute atomic E-state index is 0.0218. The highest BCUT2D eigenvalue weighted by molar-refractivity contribution is 7.92. The molecule has 2 aromatic carbocycles. The lowest BCUT2D eigenvalue weighted by molar-refractivity contribution is -0.384. The van der Waals surface area contributed by atoms with Crippen LogP contribution in [0, 0.1) is 10.1 Å². The molecule has 3 rings (SSSR count). The van der Waals surface area contributed by atoms with E-state index in [2.05, 4.69) is 0 Å². The molecular formula is C18H18ClN3O7S2. The summed E-state index contributed by atoms with van der Waals surface area (Å²) in [6.07, 6.45) is 0. The van der Waals surface area contributed by atoms with Gasteiger partial charge in [-0.3, -0.25) is 14.9 Å². The molecule has 166 valence electrons. The average Bonchev–Trinajstić information content (AvgIpc) is 2.74. The van der Waals surface area contributed by atoms with Crippen LogP contribution < -0.4 is 0 Å². The number of carbonyl (C=O) groups excluding carboxylic acids is 1. The Kier molecular flexibility index (Phi) is 6.65. The summed E-state index contributed by atoms with van der Waals surface area (Å²) >= 11 is 5.75. The summed E-state index contributed by atoms with van der Waals surface area (Å²) in [4.78, 5) is 23.8. The number of nitro benzene ring substituents is 1. The van der Waals surface area contributed by atoms with Gasteiger partial charge in [-0.2, -0.15) is 4.31 Å². The summed E-state index contributed by atoms with van der Waals surface area (Å²) in [6.45, 7) is 0.0144. The molecule has 1 aliphatic rings. The zero-order valence-electron chi connectivity index (χ0n) is 16.0. The van der Waals surface area contributed by atoms with E-state index in [1.54, 1.807) is 0 Å². The molecule has 13 heteroatoms. The van der Waals surface area contributed by atoms with Gasteiger partial charge in [-0.15, -0.1) is 0 Å². The van der Waals surface area contributed by atoms with Gasteiger partial charge in [-0.05, 0) is 36.4 Å². The van der Waals surface area contributed by atoms with Crippen molar-refractivity contribution in [3.05, 3.63) is 63.7 Å². The fourth-order valence-corrected chi connectivity index (χ4v) is 5.82. The van der Waals surface area contributed by atoms with Gasteiger partial charge in [0.1, 0.15) is 5.75 Å². The first-order valence-corrected chi connectivity index (χ1v) is 12.5. The number of carbonyl (C=O) groups is 1. The van der Waals surface area contributed by atoms with Gasteiger partial charge in [-0.25, -0.2) is 16.8 Å². The van der Waals surface area contributed by atoms with Crippen molar-refractivity contribution < 1.29 is 26.6 Å². The number of sulfonamides is 1. The third-order valence-corrected chi connectivity index (χ3v) is 8.55. The summed E-state index contributed by atoms with van der Waals surface area (Å²) in [5.74, 6) is -1.36. The van der Waals surface area contributed by atoms with E-state index in [9.17, 15) is 31.7 Å². The molecule has 0 radical (unpaired) electrons. The van der Waals surface area contributed by atoms with Gasteiger partial charge in [-0.1, -0.05) is 11.6 Å². The SMILES string of the molecule is O=C(CS(=O)(=O)c1ccc(Cl)cc1)N1CCN(S(=O)(=O)c2ccc([N+](=O)[O-])cc2)CC1. The molecule has 0 spiro atoms. The number of nitrogens with zero attached hydrogens (tertiary/aromatic N) is 3. The van der Waals surface area contributed by atoms with Gasteiger partial charge in [0.15, 0.2) is 9.84 Å². The van der Waals surface area contributed by atoms with Crippen LogP contribution in [0.3, 0.4) is 0 Å². The maximum absolute atomic E-state index is 12.7. The molecule has 0 aliphatic carbocycles. The van der Waals surface area contributed by atoms with E-state index in [1.165, 1.54) is 29.2 Å².